The van der Waals surface area contributed by atoms with Gasteiger partial charge in [0.1, 0.15) is 0 Å². The van der Waals surface area contributed by atoms with Gasteiger partial charge in [-0.25, -0.2) is 4.98 Å². The molecule has 3 heteroatoms. The van der Waals surface area contributed by atoms with E-state index in [1.54, 1.807) is 6.33 Å². The largest absolute Gasteiger partial charge is 0.388 e. The smallest absolute Gasteiger partial charge is 0.0992 e. The van der Waals surface area contributed by atoms with Crippen molar-refractivity contribution in [1.29, 1.82) is 0 Å². The number of rotatable bonds is 2. The van der Waals surface area contributed by atoms with Gasteiger partial charge in [-0.1, -0.05) is 18.9 Å². The monoisotopic (exact) mass is 216 g/mol. The van der Waals surface area contributed by atoms with Crippen molar-refractivity contribution in [1.82, 2.24) is 9.38 Å². The summed E-state index contributed by atoms with van der Waals surface area (Å²) >= 11 is 0. The Morgan fingerprint density at radius 3 is 3.00 bits per heavy atom. The SMILES string of the molecule is OC(c1cccn2cncc12)C1CCCC1. The molecule has 3 rings (SSSR count). The minimum absolute atomic E-state index is 0.331. The molecule has 16 heavy (non-hydrogen) atoms. The van der Waals surface area contributed by atoms with Gasteiger partial charge in [0, 0.05) is 11.8 Å². The lowest BCUT2D eigenvalue weighted by Gasteiger charge is -2.18. The number of aliphatic hydroxyl groups excluding tert-OH is 1. The first-order chi connectivity index (χ1) is 7.86. The fraction of sp³-hybridized carbons (Fsp3) is 0.462. The molecule has 1 fully saturated rings. The fourth-order valence-corrected chi connectivity index (χ4v) is 2.75. The topological polar surface area (TPSA) is 37.5 Å². The molecule has 84 valence electrons. The van der Waals surface area contributed by atoms with Gasteiger partial charge in [0.2, 0.25) is 0 Å². The molecule has 0 spiro atoms. The molecule has 2 aromatic heterocycles. The Kier molecular flexibility index (Phi) is 2.40. The third-order valence-electron chi connectivity index (χ3n) is 3.65. The molecule has 0 amide bonds. The molecule has 1 saturated carbocycles. The van der Waals surface area contributed by atoms with Crippen LogP contribution in [-0.2, 0) is 0 Å². The first kappa shape index (κ1) is 9.85. The molecule has 1 aliphatic rings. The van der Waals surface area contributed by atoms with Gasteiger partial charge >= 0.3 is 0 Å². The Bertz CT molecular complexity index is 485. The van der Waals surface area contributed by atoms with Crippen LogP contribution in [0.2, 0.25) is 0 Å². The quantitative estimate of drug-likeness (QED) is 0.837. The van der Waals surface area contributed by atoms with Crippen molar-refractivity contribution in [2.24, 2.45) is 5.92 Å². The predicted molar refractivity (Wildman–Crippen MR) is 62.1 cm³/mol. The van der Waals surface area contributed by atoms with Crippen molar-refractivity contribution < 1.29 is 5.11 Å². The second kappa shape index (κ2) is 3.91. The van der Waals surface area contributed by atoms with Crippen molar-refractivity contribution in [2.75, 3.05) is 0 Å². The summed E-state index contributed by atoms with van der Waals surface area (Å²) in [4.78, 5) is 4.12. The average molecular weight is 216 g/mol. The zero-order valence-corrected chi connectivity index (χ0v) is 9.21. The second-order valence-corrected chi connectivity index (χ2v) is 4.64. The normalized spacial score (nSPS) is 19.3. The van der Waals surface area contributed by atoms with Gasteiger partial charge in [0.05, 0.1) is 24.1 Å². The summed E-state index contributed by atoms with van der Waals surface area (Å²) in [5.74, 6) is 0.432. The van der Waals surface area contributed by atoms with Crippen molar-refractivity contribution >= 4 is 5.52 Å². The number of nitrogens with zero attached hydrogens (tertiary/aromatic N) is 2. The summed E-state index contributed by atoms with van der Waals surface area (Å²) in [5.41, 5.74) is 2.05. The number of hydrogen-bond donors (Lipinski definition) is 1. The third-order valence-corrected chi connectivity index (χ3v) is 3.65. The standard InChI is InChI=1S/C13H16N2O/c16-13(10-4-1-2-5-10)11-6-3-7-15-9-14-8-12(11)15/h3,6-10,13,16H,1-2,4-5H2. The molecular formula is C13H16N2O. The molecule has 1 atom stereocenters. The van der Waals surface area contributed by atoms with Crippen LogP contribution in [0.5, 0.6) is 0 Å². The second-order valence-electron chi connectivity index (χ2n) is 4.64. The Hall–Kier alpha value is -1.35. The van der Waals surface area contributed by atoms with E-state index < -0.39 is 0 Å². The van der Waals surface area contributed by atoms with Crippen molar-refractivity contribution in [3.05, 3.63) is 36.4 Å². The maximum absolute atomic E-state index is 10.4. The predicted octanol–water partition coefficient (Wildman–Crippen LogP) is 2.56. The Labute approximate surface area is 94.7 Å². The average Bonchev–Trinajstić information content (AvgIpc) is 2.98. The zero-order chi connectivity index (χ0) is 11.0. The number of hydrogen-bond acceptors (Lipinski definition) is 2. The van der Waals surface area contributed by atoms with Crippen LogP contribution in [0, 0.1) is 5.92 Å². The van der Waals surface area contributed by atoms with Crippen molar-refractivity contribution in [3.63, 3.8) is 0 Å². The number of aliphatic hydroxyl groups is 1. The molecule has 0 radical (unpaired) electrons. The van der Waals surface area contributed by atoms with Crippen LogP contribution < -0.4 is 0 Å². The number of imidazole rings is 1. The summed E-state index contributed by atoms with van der Waals surface area (Å²) in [6.45, 7) is 0. The number of pyridine rings is 1. The van der Waals surface area contributed by atoms with E-state index in [1.807, 2.05) is 28.9 Å². The van der Waals surface area contributed by atoms with Gasteiger partial charge in [-0.2, -0.15) is 0 Å². The summed E-state index contributed by atoms with van der Waals surface area (Å²) in [6.07, 6.45) is 10.0. The Morgan fingerprint density at radius 1 is 1.38 bits per heavy atom. The van der Waals surface area contributed by atoms with Crippen LogP contribution in [-0.4, -0.2) is 14.5 Å². The molecule has 0 saturated heterocycles. The molecule has 2 aromatic rings. The molecule has 2 heterocycles. The van der Waals surface area contributed by atoms with E-state index in [2.05, 4.69) is 4.98 Å². The Balaban J connectivity index is 2.00. The summed E-state index contributed by atoms with van der Waals surface area (Å²) < 4.78 is 1.97. The van der Waals surface area contributed by atoms with Crippen LogP contribution in [0.4, 0.5) is 0 Å². The molecule has 1 unspecified atom stereocenters. The van der Waals surface area contributed by atoms with Gasteiger partial charge in [0.15, 0.2) is 0 Å². The summed E-state index contributed by atoms with van der Waals surface area (Å²) in [6, 6.07) is 3.99. The van der Waals surface area contributed by atoms with E-state index in [0.717, 1.165) is 23.9 Å². The minimum atomic E-state index is -0.331. The Morgan fingerprint density at radius 2 is 2.19 bits per heavy atom. The molecule has 1 N–H and O–H groups in total. The molecule has 1 aliphatic carbocycles. The molecule has 0 aromatic carbocycles. The highest BCUT2D eigenvalue weighted by Crippen LogP contribution is 2.36. The van der Waals surface area contributed by atoms with Gasteiger partial charge in [-0.3, -0.25) is 0 Å². The van der Waals surface area contributed by atoms with E-state index in [9.17, 15) is 5.11 Å². The highest BCUT2D eigenvalue weighted by molar-refractivity contribution is 5.54. The molecule has 3 nitrogen and oxygen atoms in total. The van der Waals surface area contributed by atoms with Gasteiger partial charge in [-0.15, -0.1) is 0 Å². The van der Waals surface area contributed by atoms with E-state index in [1.165, 1.54) is 12.8 Å². The lowest BCUT2D eigenvalue weighted by Crippen LogP contribution is -2.09. The first-order valence-corrected chi connectivity index (χ1v) is 5.95. The highest BCUT2D eigenvalue weighted by Gasteiger charge is 2.25. The van der Waals surface area contributed by atoms with Gasteiger partial charge < -0.3 is 9.51 Å². The third kappa shape index (κ3) is 1.52. The summed E-state index contributed by atoms with van der Waals surface area (Å²) in [7, 11) is 0. The van der Waals surface area contributed by atoms with Crippen molar-refractivity contribution in [3.8, 4) is 0 Å². The number of fused-ring (bicyclic) bond motifs is 1. The van der Waals surface area contributed by atoms with Crippen LogP contribution in [0.3, 0.4) is 0 Å². The summed E-state index contributed by atoms with van der Waals surface area (Å²) in [5, 5.41) is 10.4. The van der Waals surface area contributed by atoms with E-state index in [4.69, 9.17) is 0 Å². The maximum Gasteiger partial charge on any atom is 0.0992 e. The van der Waals surface area contributed by atoms with Crippen LogP contribution >= 0.6 is 0 Å². The van der Waals surface area contributed by atoms with Crippen LogP contribution in [0.15, 0.2) is 30.9 Å². The van der Waals surface area contributed by atoms with Crippen molar-refractivity contribution in [2.45, 2.75) is 31.8 Å². The van der Waals surface area contributed by atoms with E-state index >= 15 is 0 Å². The number of aromatic nitrogens is 2. The lowest BCUT2D eigenvalue weighted by atomic mass is 9.94. The highest BCUT2D eigenvalue weighted by atomic mass is 16.3. The van der Waals surface area contributed by atoms with E-state index in [0.29, 0.717) is 5.92 Å². The maximum atomic E-state index is 10.4. The molecule has 0 aliphatic heterocycles. The van der Waals surface area contributed by atoms with E-state index in [-0.39, 0.29) is 6.10 Å². The zero-order valence-electron chi connectivity index (χ0n) is 9.21. The molecular weight excluding hydrogens is 200 g/mol. The lowest BCUT2D eigenvalue weighted by molar-refractivity contribution is 0.113. The van der Waals surface area contributed by atoms with Crippen LogP contribution in [0.25, 0.3) is 5.52 Å². The first-order valence-electron chi connectivity index (χ1n) is 5.95. The minimum Gasteiger partial charge on any atom is -0.388 e. The fourth-order valence-electron chi connectivity index (χ4n) is 2.75. The van der Waals surface area contributed by atoms with Crippen LogP contribution in [0.1, 0.15) is 37.4 Å². The van der Waals surface area contributed by atoms with Gasteiger partial charge in [0.25, 0.3) is 0 Å². The molecule has 0 bridgehead atoms. The van der Waals surface area contributed by atoms with Gasteiger partial charge in [-0.05, 0) is 24.8 Å².